The highest BCUT2D eigenvalue weighted by molar-refractivity contribution is 6.12. The lowest BCUT2D eigenvalue weighted by Gasteiger charge is -2.08. The second-order valence-corrected chi connectivity index (χ2v) is 8.11. The molecule has 0 bridgehead atoms. The van der Waals surface area contributed by atoms with Gasteiger partial charge in [-0.25, -0.2) is 4.98 Å². The summed E-state index contributed by atoms with van der Waals surface area (Å²) in [6.45, 7) is 4.70. The quantitative estimate of drug-likeness (QED) is 0.505. The molecule has 0 saturated heterocycles. The van der Waals surface area contributed by atoms with E-state index in [0.29, 0.717) is 34.9 Å². The first-order valence-electron chi connectivity index (χ1n) is 10.3. The monoisotopic (exact) mass is 401 g/mol. The lowest BCUT2D eigenvalue weighted by atomic mass is 10.0. The first-order valence-corrected chi connectivity index (χ1v) is 10.3. The number of hydrogen-bond donors (Lipinski definition) is 1. The second kappa shape index (κ2) is 7.40. The van der Waals surface area contributed by atoms with Crippen molar-refractivity contribution in [3.05, 3.63) is 71.2 Å². The number of fused-ring (bicyclic) bond motifs is 1. The van der Waals surface area contributed by atoms with E-state index < -0.39 is 0 Å². The van der Waals surface area contributed by atoms with Gasteiger partial charge in [-0.15, -0.1) is 0 Å². The molecule has 1 aromatic carbocycles. The van der Waals surface area contributed by atoms with E-state index in [1.165, 1.54) is 0 Å². The van der Waals surface area contributed by atoms with E-state index in [4.69, 9.17) is 4.52 Å². The molecule has 0 spiro atoms. The molecule has 1 aliphatic carbocycles. The molecule has 1 saturated carbocycles. The van der Waals surface area contributed by atoms with Crippen molar-refractivity contribution >= 4 is 22.8 Å². The van der Waals surface area contributed by atoms with E-state index in [9.17, 15) is 4.79 Å². The Morgan fingerprint density at radius 2 is 2.03 bits per heavy atom. The number of aromatic nitrogens is 4. The first-order chi connectivity index (χ1) is 14.6. The molecular formula is C23H23N5O2. The van der Waals surface area contributed by atoms with Crippen LogP contribution in [-0.2, 0) is 6.54 Å². The van der Waals surface area contributed by atoms with Gasteiger partial charge in [0.2, 0.25) is 0 Å². The van der Waals surface area contributed by atoms with Crippen molar-refractivity contribution in [1.29, 1.82) is 0 Å². The molecule has 5 rings (SSSR count). The van der Waals surface area contributed by atoms with Gasteiger partial charge in [-0.05, 0) is 30.4 Å². The van der Waals surface area contributed by atoms with Crippen molar-refractivity contribution < 1.29 is 9.32 Å². The summed E-state index contributed by atoms with van der Waals surface area (Å²) >= 11 is 0. The largest absolute Gasteiger partial charge is 0.335 e. The van der Waals surface area contributed by atoms with E-state index in [0.717, 1.165) is 29.8 Å². The van der Waals surface area contributed by atoms with Crippen molar-refractivity contribution in [2.45, 2.75) is 45.1 Å². The van der Waals surface area contributed by atoms with Crippen LogP contribution in [0.2, 0.25) is 0 Å². The summed E-state index contributed by atoms with van der Waals surface area (Å²) in [7, 11) is 0. The van der Waals surface area contributed by atoms with E-state index in [2.05, 4.69) is 20.6 Å². The molecule has 0 unspecified atom stereocenters. The topological polar surface area (TPSA) is 85.8 Å². The first kappa shape index (κ1) is 18.5. The molecule has 3 aromatic heterocycles. The number of benzene rings is 1. The predicted octanol–water partition coefficient (Wildman–Crippen LogP) is 4.72. The van der Waals surface area contributed by atoms with Crippen molar-refractivity contribution in [3.8, 4) is 0 Å². The van der Waals surface area contributed by atoms with Crippen molar-refractivity contribution in [2.75, 3.05) is 5.32 Å². The Morgan fingerprint density at radius 1 is 1.23 bits per heavy atom. The molecule has 1 fully saturated rings. The number of carbonyl (C=O) groups excluding carboxylic acids is 1. The van der Waals surface area contributed by atoms with Gasteiger partial charge in [-0.3, -0.25) is 9.48 Å². The predicted molar refractivity (Wildman–Crippen MR) is 114 cm³/mol. The summed E-state index contributed by atoms with van der Waals surface area (Å²) in [4.78, 5) is 17.8. The van der Waals surface area contributed by atoms with E-state index in [-0.39, 0.29) is 11.8 Å². The van der Waals surface area contributed by atoms with Crippen LogP contribution in [0.25, 0.3) is 11.1 Å². The Balaban J connectivity index is 1.44. The van der Waals surface area contributed by atoms with Crippen molar-refractivity contribution in [3.63, 3.8) is 0 Å². The summed E-state index contributed by atoms with van der Waals surface area (Å²) in [5, 5.41) is 12.3. The van der Waals surface area contributed by atoms with Crippen LogP contribution in [0.5, 0.6) is 0 Å². The van der Waals surface area contributed by atoms with Crippen molar-refractivity contribution in [2.24, 2.45) is 0 Å². The zero-order valence-electron chi connectivity index (χ0n) is 17.0. The number of pyridine rings is 1. The van der Waals surface area contributed by atoms with Crippen LogP contribution >= 0.6 is 0 Å². The van der Waals surface area contributed by atoms with Crippen LogP contribution < -0.4 is 5.32 Å². The van der Waals surface area contributed by atoms with Crippen LogP contribution in [0.4, 0.5) is 5.82 Å². The minimum atomic E-state index is -0.223. The normalized spacial score (nSPS) is 13.8. The highest BCUT2D eigenvalue weighted by atomic mass is 16.5. The van der Waals surface area contributed by atoms with Gasteiger partial charge in [0.25, 0.3) is 11.6 Å². The molecule has 4 aromatic rings. The van der Waals surface area contributed by atoms with Gasteiger partial charge in [0.05, 0.1) is 23.2 Å². The molecule has 0 radical (unpaired) electrons. The number of hydrogen-bond acceptors (Lipinski definition) is 5. The zero-order chi connectivity index (χ0) is 20.7. The Kier molecular flexibility index (Phi) is 4.58. The third-order valence-electron chi connectivity index (χ3n) is 5.35. The average Bonchev–Trinajstić information content (AvgIpc) is 3.36. The number of carbonyl (C=O) groups is 1. The fourth-order valence-corrected chi connectivity index (χ4v) is 3.62. The molecule has 1 amide bonds. The number of anilines is 1. The molecule has 7 heteroatoms. The lowest BCUT2D eigenvalue weighted by molar-refractivity contribution is 0.102. The second-order valence-electron chi connectivity index (χ2n) is 8.11. The minimum absolute atomic E-state index is 0.122. The standard InChI is InChI=1S/C23H23N5O2/c1-14(2)21-20-17(12-18(16-8-9-16)24-23(20)30-27-21)22(29)25-19-10-11-28(26-19)13-15-6-4-3-5-7-15/h3-7,10-12,14,16H,8-9,13H2,1-2H3,(H,25,26,29). The smallest absolute Gasteiger partial charge is 0.259 e. The molecule has 0 atom stereocenters. The Morgan fingerprint density at radius 3 is 2.77 bits per heavy atom. The SMILES string of the molecule is CC(C)c1noc2nc(C3CC3)cc(C(=O)Nc3ccn(Cc4ccccc4)n3)c12. The molecule has 1 aliphatic rings. The van der Waals surface area contributed by atoms with Gasteiger partial charge in [0.1, 0.15) is 0 Å². The maximum atomic E-state index is 13.2. The van der Waals surface area contributed by atoms with Gasteiger partial charge < -0.3 is 9.84 Å². The summed E-state index contributed by atoms with van der Waals surface area (Å²) in [5.74, 6) is 0.811. The van der Waals surface area contributed by atoms with Gasteiger partial charge in [0.15, 0.2) is 5.82 Å². The van der Waals surface area contributed by atoms with Gasteiger partial charge in [0, 0.05) is 23.9 Å². The van der Waals surface area contributed by atoms with Crippen LogP contribution in [0.15, 0.2) is 53.2 Å². The Hall–Kier alpha value is -3.48. The molecule has 152 valence electrons. The van der Waals surface area contributed by atoms with E-state index in [1.807, 2.05) is 61.1 Å². The number of rotatable bonds is 6. The summed E-state index contributed by atoms with van der Waals surface area (Å²) < 4.78 is 7.29. The maximum Gasteiger partial charge on any atom is 0.259 e. The van der Waals surface area contributed by atoms with Crippen molar-refractivity contribution in [1.82, 2.24) is 19.9 Å². The molecule has 30 heavy (non-hydrogen) atoms. The fourth-order valence-electron chi connectivity index (χ4n) is 3.62. The third kappa shape index (κ3) is 3.58. The molecule has 0 aliphatic heterocycles. The van der Waals surface area contributed by atoms with Crippen LogP contribution in [0, 0.1) is 0 Å². The summed E-state index contributed by atoms with van der Waals surface area (Å²) in [6, 6.07) is 13.8. The number of amides is 1. The van der Waals surface area contributed by atoms with Gasteiger partial charge in [-0.1, -0.05) is 49.3 Å². The Labute approximate surface area is 174 Å². The maximum absolute atomic E-state index is 13.2. The summed E-state index contributed by atoms with van der Waals surface area (Å²) in [5.41, 5.74) is 3.77. The number of nitrogens with zero attached hydrogens (tertiary/aromatic N) is 4. The van der Waals surface area contributed by atoms with Crippen LogP contribution in [-0.4, -0.2) is 25.8 Å². The highest BCUT2D eigenvalue weighted by Gasteiger charge is 2.29. The number of nitrogens with one attached hydrogen (secondary N) is 1. The Bertz CT molecular complexity index is 1210. The van der Waals surface area contributed by atoms with Crippen LogP contribution in [0.3, 0.4) is 0 Å². The molecule has 7 nitrogen and oxygen atoms in total. The van der Waals surface area contributed by atoms with Gasteiger partial charge in [-0.2, -0.15) is 5.10 Å². The zero-order valence-corrected chi connectivity index (χ0v) is 17.0. The third-order valence-corrected chi connectivity index (χ3v) is 5.35. The van der Waals surface area contributed by atoms with E-state index >= 15 is 0 Å². The minimum Gasteiger partial charge on any atom is -0.335 e. The molecule has 1 N–H and O–H groups in total. The van der Waals surface area contributed by atoms with Gasteiger partial charge >= 0.3 is 0 Å². The van der Waals surface area contributed by atoms with Crippen LogP contribution in [0.1, 0.15) is 65.8 Å². The highest BCUT2D eigenvalue weighted by Crippen LogP contribution is 2.41. The lowest BCUT2D eigenvalue weighted by Crippen LogP contribution is -2.14. The molecule has 3 heterocycles. The van der Waals surface area contributed by atoms with E-state index in [1.54, 1.807) is 6.07 Å². The fraction of sp³-hybridized carbons (Fsp3) is 0.304. The average molecular weight is 401 g/mol. The molecular weight excluding hydrogens is 378 g/mol. The summed E-state index contributed by atoms with van der Waals surface area (Å²) in [6.07, 6.45) is 4.04.